The predicted octanol–water partition coefficient (Wildman–Crippen LogP) is -0.735. The van der Waals surface area contributed by atoms with Crippen molar-refractivity contribution < 1.29 is 0 Å². The summed E-state index contributed by atoms with van der Waals surface area (Å²) in [5.74, 6) is 0. The van der Waals surface area contributed by atoms with Crippen molar-refractivity contribution in [2.24, 2.45) is 0 Å². The molecule has 2 aromatic rings. The van der Waals surface area contributed by atoms with Gasteiger partial charge in [-0.1, -0.05) is 0 Å². The van der Waals surface area contributed by atoms with Gasteiger partial charge in [-0.05, 0) is 0 Å². The van der Waals surface area contributed by atoms with Crippen molar-refractivity contribution in [2.45, 2.75) is 0 Å². The van der Waals surface area contributed by atoms with Gasteiger partial charge in [-0.15, -0.1) is 0 Å². The van der Waals surface area contributed by atoms with Gasteiger partial charge in [0.05, 0.1) is 12.7 Å². The van der Waals surface area contributed by atoms with E-state index in [0.717, 1.165) is 0 Å². The molecular formula is C5H4N4NaO. The van der Waals surface area contributed by atoms with Gasteiger partial charge in [0.1, 0.15) is 0 Å². The van der Waals surface area contributed by atoms with Crippen molar-refractivity contribution in [1.29, 1.82) is 0 Å². The maximum absolute atomic E-state index is 10.9. The van der Waals surface area contributed by atoms with E-state index in [0.29, 0.717) is 11.2 Å². The molecule has 0 aromatic carbocycles. The van der Waals surface area contributed by atoms with E-state index in [-0.39, 0.29) is 35.1 Å². The van der Waals surface area contributed by atoms with Gasteiger partial charge in [0, 0.05) is 29.6 Å². The number of aromatic amines is 2. The fourth-order valence-corrected chi connectivity index (χ4v) is 0.776. The van der Waals surface area contributed by atoms with Crippen LogP contribution in [0.3, 0.4) is 0 Å². The molecular weight excluding hydrogens is 155 g/mol. The molecule has 0 bridgehead atoms. The molecule has 0 saturated heterocycles. The van der Waals surface area contributed by atoms with Gasteiger partial charge in [-0.25, -0.2) is 9.97 Å². The number of fused-ring (bicyclic) bond motifs is 1. The van der Waals surface area contributed by atoms with E-state index in [1.165, 1.54) is 12.7 Å². The van der Waals surface area contributed by atoms with Crippen LogP contribution in [0, 0.1) is 0 Å². The summed E-state index contributed by atoms with van der Waals surface area (Å²) in [6, 6.07) is 0. The fraction of sp³-hybridized carbons (Fsp3) is 0. The van der Waals surface area contributed by atoms with E-state index in [2.05, 4.69) is 19.9 Å². The number of aromatic nitrogens is 4. The molecule has 0 fully saturated rings. The van der Waals surface area contributed by atoms with Crippen LogP contribution in [-0.2, 0) is 0 Å². The Kier molecular flexibility index (Phi) is 2.43. The van der Waals surface area contributed by atoms with Crippen molar-refractivity contribution >= 4 is 40.7 Å². The zero-order valence-corrected chi connectivity index (χ0v) is 7.96. The molecule has 0 aliphatic rings. The van der Waals surface area contributed by atoms with E-state index in [1.807, 2.05) is 0 Å². The molecule has 0 atom stereocenters. The number of hydrogen-bond acceptors (Lipinski definition) is 3. The molecule has 2 heterocycles. The molecule has 0 spiro atoms. The Bertz CT molecular complexity index is 406. The van der Waals surface area contributed by atoms with Crippen molar-refractivity contribution in [3.05, 3.63) is 23.0 Å². The first-order valence-corrected chi connectivity index (χ1v) is 2.75. The maximum Gasteiger partial charge on any atom is 0.276 e. The molecule has 11 heavy (non-hydrogen) atoms. The minimum absolute atomic E-state index is 0. The van der Waals surface area contributed by atoms with E-state index < -0.39 is 0 Å². The van der Waals surface area contributed by atoms with Crippen LogP contribution in [0.2, 0.25) is 0 Å². The summed E-state index contributed by atoms with van der Waals surface area (Å²) < 4.78 is 0. The molecule has 0 saturated carbocycles. The molecule has 0 amide bonds. The van der Waals surface area contributed by atoms with Crippen LogP contribution in [0.5, 0.6) is 0 Å². The second-order valence-electron chi connectivity index (χ2n) is 1.83. The van der Waals surface area contributed by atoms with Gasteiger partial charge >= 0.3 is 0 Å². The molecule has 2 aromatic heterocycles. The molecule has 1 radical (unpaired) electrons. The second kappa shape index (κ2) is 3.17. The summed E-state index contributed by atoms with van der Waals surface area (Å²) in [4.78, 5) is 23.6. The van der Waals surface area contributed by atoms with Crippen molar-refractivity contribution in [2.75, 3.05) is 0 Å². The summed E-state index contributed by atoms with van der Waals surface area (Å²) >= 11 is 0. The van der Waals surface area contributed by atoms with Gasteiger partial charge in [-0.3, -0.25) is 4.79 Å². The number of nitrogens with zero attached hydrogens (tertiary/aromatic N) is 2. The van der Waals surface area contributed by atoms with Crippen LogP contribution < -0.4 is 5.56 Å². The largest absolute Gasteiger partial charge is 0.339 e. The zero-order chi connectivity index (χ0) is 6.97. The average molecular weight is 159 g/mol. The Morgan fingerprint density at radius 3 is 2.45 bits per heavy atom. The quantitative estimate of drug-likeness (QED) is 0.497. The van der Waals surface area contributed by atoms with Gasteiger partial charge < -0.3 is 9.97 Å². The SMILES string of the molecule is O=c1[nH]cnc2nc[nH]c12.[Na]. The smallest absolute Gasteiger partial charge is 0.276 e. The number of rotatable bonds is 0. The maximum atomic E-state index is 10.9. The van der Waals surface area contributed by atoms with Gasteiger partial charge in [-0.2, -0.15) is 0 Å². The molecule has 0 aliphatic heterocycles. The van der Waals surface area contributed by atoms with Crippen LogP contribution in [0.15, 0.2) is 17.4 Å². The Labute approximate surface area is 83.6 Å². The normalized spacial score (nSPS) is 9.45. The minimum Gasteiger partial charge on any atom is -0.339 e. The van der Waals surface area contributed by atoms with E-state index in [1.54, 1.807) is 0 Å². The predicted molar refractivity (Wildman–Crippen MR) is 40.3 cm³/mol. The fourth-order valence-electron chi connectivity index (χ4n) is 0.776. The average Bonchev–Trinajstić information content (AvgIpc) is 2.36. The number of hydrogen-bond donors (Lipinski definition) is 2. The first-order valence-electron chi connectivity index (χ1n) is 2.75. The second-order valence-corrected chi connectivity index (χ2v) is 1.83. The third-order valence-electron chi connectivity index (χ3n) is 1.23. The van der Waals surface area contributed by atoms with E-state index in [9.17, 15) is 4.79 Å². The van der Waals surface area contributed by atoms with Crippen molar-refractivity contribution in [3.8, 4) is 0 Å². The van der Waals surface area contributed by atoms with Gasteiger partial charge in [0.25, 0.3) is 5.56 Å². The molecule has 6 heteroatoms. The first kappa shape index (κ1) is 8.45. The van der Waals surface area contributed by atoms with Gasteiger partial charge in [0.15, 0.2) is 11.2 Å². The minimum atomic E-state index is -0.192. The van der Waals surface area contributed by atoms with Crippen LogP contribution in [0.25, 0.3) is 11.2 Å². The molecule has 51 valence electrons. The summed E-state index contributed by atoms with van der Waals surface area (Å²) in [6.07, 6.45) is 2.76. The van der Waals surface area contributed by atoms with E-state index in [4.69, 9.17) is 0 Å². The third kappa shape index (κ3) is 1.35. The Morgan fingerprint density at radius 2 is 1.82 bits per heavy atom. The zero-order valence-electron chi connectivity index (χ0n) is 5.96. The summed E-state index contributed by atoms with van der Waals surface area (Å²) in [7, 11) is 0. The molecule has 0 unspecified atom stereocenters. The van der Waals surface area contributed by atoms with Gasteiger partial charge in [0.2, 0.25) is 0 Å². The van der Waals surface area contributed by atoms with Crippen molar-refractivity contribution in [1.82, 2.24) is 19.9 Å². The van der Waals surface area contributed by atoms with Crippen LogP contribution >= 0.6 is 0 Å². The van der Waals surface area contributed by atoms with E-state index >= 15 is 0 Å². The topological polar surface area (TPSA) is 74.4 Å². The Balaban J connectivity index is 0.000000605. The summed E-state index contributed by atoms with van der Waals surface area (Å²) in [6.45, 7) is 0. The molecule has 5 nitrogen and oxygen atoms in total. The van der Waals surface area contributed by atoms with Crippen LogP contribution in [0.4, 0.5) is 0 Å². The first-order chi connectivity index (χ1) is 4.88. The number of nitrogens with one attached hydrogen (secondary N) is 2. The van der Waals surface area contributed by atoms with Crippen LogP contribution in [0.1, 0.15) is 0 Å². The molecule has 2 N–H and O–H groups in total. The molecule has 0 aliphatic carbocycles. The number of imidazole rings is 1. The summed E-state index contributed by atoms with van der Waals surface area (Å²) in [5.41, 5.74) is 0.675. The summed E-state index contributed by atoms with van der Waals surface area (Å²) in [5, 5.41) is 0. The van der Waals surface area contributed by atoms with Crippen LogP contribution in [-0.4, -0.2) is 49.5 Å². The third-order valence-corrected chi connectivity index (χ3v) is 1.23. The Hall–Kier alpha value is -0.650. The standard InChI is InChI=1S/C5H4N4O.Na/c10-5-3-4(7-1-6-3)8-2-9-5;/h1-2H,(H2,6,7,8,9,10);. The Morgan fingerprint density at radius 1 is 1.18 bits per heavy atom. The monoisotopic (exact) mass is 159 g/mol. The number of H-pyrrole nitrogens is 2. The molecule has 2 rings (SSSR count). The van der Waals surface area contributed by atoms with Crippen molar-refractivity contribution in [3.63, 3.8) is 0 Å².